The van der Waals surface area contributed by atoms with Gasteiger partial charge in [-0.05, 0) is 37.5 Å². The molecule has 0 aliphatic rings. The van der Waals surface area contributed by atoms with Crippen molar-refractivity contribution in [2.45, 2.75) is 53.4 Å². The van der Waals surface area contributed by atoms with Crippen molar-refractivity contribution < 1.29 is 9.53 Å². The molecule has 1 aromatic heterocycles. The van der Waals surface area contributed by atoms with Gasteiger partial charge in [-0.15, -0.1) is 0 Å². The van der Waals surface area contributed by atoms with Gasteiger partial charge in [-0.25, -0.2) is 4.98 Å². The minimum Gasteiger partial charge on any atom is -0.493 e. The van der Waals surface area contributed by atoms with Crippen molar-refractivity contribution in [3.63, 3.8) is 0 Å². The van der Waals surface area contributed by atoms with Gasteiger partial charge in [-0.3, -0.25) is 9.59 Å². The lowest BCUT2D eigenvalue weighted by Crippen LogP contribution is -2.18. The van der Waals surface area contributed by atoms with E-state index < -0.39 is 0 Å². The molecule has 0 aliphatic carbocycles. The maximum absolute atomic E-state index is 12.5. The van der Waals surface area contributed by atoms with Crippen molar-refractivity contribution >= 4 is 11.6 Å². The van der Waals surface area contributed by atoms with Crippen LogP contribution in [0, 0.1) is 0 Å². The van der Waals surface area contributed by atoms with Gasteiger partial charge >= 0.3 is 0 Å². The third-order valence-corrected chi connectivity index (χ3v) is 4.09. The minimum atomic E-state index is -0.126. The summed E-state index contributed by atoms with van der Waals surface area (Å²) < 4.78 is 5.82. The van der Waals surface area contributed by atoms with Gasteiger partial charge in [0.2, 0.25) is 5.91 Å². The number of carbonyl (C=O) groups excluding carboxylic acids is 1. The number of anilines is 1. The fraction of sp³-hybridized carbons (Fsp3) is 0.450. The van der Waals surface area contributed by atoms with E-state index in [-0.39, 0.29) is 11.5 Å². The Hall–Kier alpha value is -2.63. The van der Waals surface area contributed by atoms with E-state index in [1.807, 2.05) is 20.8 Å². The number of aromatic amines is 1. The van der Waals surface area contributed by atoms with Crippen molar-refractivity contribution in [3.8, 4) is 17.1 Å². The average Bonchev–Trinajstić information content (AvgIpc) is 2.65. The molecule has 26 heavy (non-hydrogen) atoms. The summed E-state index contributed by atoms with van der Waals surface area (Å²) in [6.07, 6.45) is 2.57. The number of hydrogen-bond donors (Lipinski definition) is 2. The first-order valence-electron chi connectivity index (χ1n) is 9.23. The molecule has 0 unspecified atom stereocenters. The van der Waals surface area contributed by atoms with Crippen LogP contribution in [0.15, 0.2) is 23.0 Å². The predicted octanol–water partition coefficient (Wildman–Crippen LogP) is 3.70. The molecule has 2 rings (SSSR count). The Morgan fingerprint density at radius 1 is 1.19 bits per heavy atom. The number of nitrogens with zero attached hydrogens (tertiary/aromatic N) is 1. The maximum Gasteiger partial charge on any atom is 0.254 e. The number of benzene rings is 1. The summed E-state index contributed by atoms with van der Waals surface area (Å²) in [5, 5.41) is 2.84. The molecule has 6 heteroatoms. The Balaban J connectivity index is 2.57. The molecule has 0 saturated carbocycles. The van der Waals surface area contributed by atoms with Gasteiger partial charge in [0.1, 0.15) is 11.6 Å². The lowest BCUT2D eigenvalue weighted by atomic mass is 10.1. The first-order valence-corrected chi connectivity index (χ1v) is 9.23. The van der Waals surface area contributed by atoms with Gasteiger partial charge in [-0.2, -0.15) is 0 Å². The molecular weight excluding hydrogens is 330 g/mol. The van der Waals surface area contributed by atoms with Crippen molar-refractivity contribution in [2.75, 3.05) is 11.9 Å². The highest BCUT2D eigenvalue weighted by Gasteiger charge is 2.15. The summed E-state index contributed by atoms with van der Waals surface area (Å²) >= 11 is 0. The molecule has 1 amide bonds. The number of aromatic nitrogens is 2. The van der Waals surface area contributed by atoms with E-state index >= 15 is 0 Å². The highest BCUT2D eigenvalue weighted by molar-refractivity contribution is 5.91. The van der Waals surface area contributed by atoms with Crippen molar-refractivity contribution in [2.24, 2.45) is 0 Å². The molecular formula is C20H27N3O3. The van der Waals surface area contributed by atoms with Crippen LogP contribution in [0.3, 0.4) is 0 Å². The zero-order chi connectivity index (χ0) is 19.1. The number of ether oxygens (including phenoxy) is 1. The van der Waals surface area contributed by atoms with Crippen LogP contribution in [-0.2, 0) is 17.6 Å². The zero-order valence-corrected chi connectivity index (χ0v) is 15.9. The third kappa shape index (κ3) is 4.50. The Morgan fingerprint density at radius 3 is 2.58 bits per heavy atom. The quantitative estimate of drug-likeness (QED) is 0.754. The molecule has 0 fully saturated rings. The number of hydrogen-bond acceptors (Lipinski definition) is 4. The number of nitrogens with one attached hydrogen (secondary N) is 2. The van der Waals surface area contributed by atoms with E-state index in [9.17, 15) is 9.59 Å². The maximum atomic E-state index is 12.5. The van der Waals surface area contributed by atoms with Crippen molar-refractivity contribution in [3.05, 3.63) is 39.8 Å². The molecule has 0 radical (unpaired) electrons. The lowest BCUT2D eigenvalue weighted by Gasteiger charge is -2.14. The number of amides is 1. The predicted molar refractivity (Wildman–Crippen MR) is 104 cm³/mol. The summed E-state index contributed by atoms with van der Waals surface area (Å²) in [6, 6.07) is 5.39. The number of carbonyl (C=O) groups is 1. The molecule has 6 nitrogen and oxygen atoms in total. The van der Waals surface area contributed by atoms with Crippen LogP contribution in [0.2, 0.25) is 0 Å². The second-order valence-corrected chi connectivity index (χ2v) is 6.01. The molecule has 140 valence electrons. The Bertz CT molecular complexity index is 828. The van der Waals surface area contributed by atoms with Crippen LogP contribution in [0.1, 0.15) is 51.8 Å². The zero-order valence-electron chi connectivity index (χ0n) is 15.9. The molecule has 2 aromatic rings. The molecule has 1 aromatic carbocycles. The summed E-state index contributed by atoms with van der Waals surface area (Å²) in [5.74, 6) is 1.02. The fourth-order valence-electron chi connectivity index (χ4n) is 2.71. The smallest absolute Gasteiger partial charge is 0.254 e. The molecule has 0 bridgehead atoms. The summed E-state index contributed by atoms with van der Waals surface area (Å²) in [6.45, 7) is 8.32. The van der Waals surface area contributed by atoms with E-state index in [1.54, 1.807) is 25.1 Å². The largest absolute Gasteiger partial charge is 0.493 e. The van der Waals surface area contributed by atoms with Gasteiger partial charge in [0.05, 0.1) is 17.9 Å². The van der Waals surface area contributed by atoms with Crippen LogP contribution in [-0.4, -0.2) is 22.5 Å². The first-order chi connectivity index (χ1) is 12.5. The van der Waals surface area contributed by atoms with Crippen LogP contribution >= 0.6 is 0 Å². The van der Waals surface area contributed by atoms with Gasteiger partial charge in [-0.1, -0.05) is 27.7 Å². The summed E-state index contributed by atoms with van der Waals surface area (Å²) in [4.78, 5) is 31.7. The number of H-pyrrole nitrogens is 1. The van der Waals surface area contributed by atoms with E-state index in [4.69, 9.17) is 4.74 Å². The van der Waals surface area contributed by atoms with Crippen LogP contribution < -0.4 is 15.6 Å². The van der Waals surface area contributed by atoms with Crippen molar-refractivity contribution in [1.29, 1.82) is 0 Å². The fourth-order valence-corrected chi connectivity index (χ4v) is 2.71. The Labute approximate surface area is 154 Å². The average molecular weight is 357 g/mol. The van der Waals surface area contributed by atoms with E-state index in [1.165, 1.54) is 0 Å². The molecule has 2 N–H and O–H groups in total. The molecule has 0 spiro atoms. The lowest BCUT2D eigenvalue weighted by molar-refractivity contribution is -0.115. The highest BCUT2D eigenvalue weighted by Crippen LogP contribution is 2.31. The summed E-state index contributed by atoms with van der Waals surface area (Å²) in [5.41, 5.74) is 2.69. The van der Waals surface area contributed by atoms with Gasteiger partial charge in [0, 0.05) is 17.7 Å². The normalized spacial score (nSPS) is 10.6. The number of aryl methyl sites for hydroxylation is 1. The van der Waals surface area contributed by atoms with Gasteiger partial charge in [0.25, 0.3) is 5.56 Å². The Morgan fingerprint density at radius 2 is 1.96 bits per heavy atom. The second kappa shape index (κ2) is 9.17. The minimum absolute atomic E-state index is 0.0739. The standard InChI is InChI=1S/C20H27N3O3/c1-5-11-26-17-10-9-13(21-18(24)8-4)12-15(17)19-22-16(7-3)14(6-2)20(25)23-19/h9-10,12H,5-8,11H2,1-4H3,(H,21,24)(H,22,23,25). The Kier molecular flexibility index (Phi) is 6.95. The second-order valence-electron chi connectivity index (χ2n) is 6.01. The highest BCUT2D eigenvalue weighted by atomic mass is 16.5. The van der Waals surface area contributed by atoms with Crippen LogP contribution in [0.5, 0.6) is 5.75 Å². The van der Waals surface area contributed by atoms with E-state index in [0.29, 0.717) is 54.3 Å². The topological polar surface area (TPSA) is 84.1 Å². The number of rotatable bonds is 8. The molecule has 1 heterocycles. The van der Waals surface area contributed by atoms with Gasteiger partial charge in [0.15, 0.2) is 0 Å². The molecule has 0 atom stereocenters. The molecule has 0 aliphatic heterocycles. The van der Waals surface area contributed by atoms with Crippen molar-refractivity contribution in [1.82, 2.24) is 9.97 Å². The first kappa shape index (κ1) is 19.7. The monoisotopic (exact) mass is 357 g/mol. The van der Waals surface area contributed by atoms with Crippen LogP contribution in [0.25, 0.3) is 11.4 Å². The van der Waals surface area contributed by atoms with E-state index in [0.717, 1.165) is 12.1 Å². The SMILES string of the molecule is CCCOc1ccc(NC(=O)CC)cc1-c1nc(CC)c(CC)c(=O)[nH]1. The van der Waals surface area contributed by atoms with Crippen LogP contribution in [0.4, 0.5) is 5.69 Å². The molecule has 0 saturated heterocycles. The van der Waals surface area contributed by atoms with Gasteiger partial charge < -0.3 is 15.0 Å². The summed E-state index contributed by atoms with van der Waals surface area (Å²) in [7, 11) is 0. The van der Waals surface area contributed by atoms with E-state index in [2.05, 4.69) is 15.3 Å². The third-order valence-electron chi connectivity index (χ3n) is 4.09.